The lowest BCUT2D eigenvalue weighted by Crippen LogP contribution is -2.39. The second-order valence-electron chi connectivity index (χ2n) is 10.5. The number of hydrogen-bond donors (Lipinski definition) is 0. The lowest BCUT2D eigenvalue weighted by Gasteiger charge is -2.29. The molecule has 0 N–H and O–H groups in total. The van der Waals surface area contributed by atoms with Gasteiger partial charge in [0.2, 0.25) is 5.95 Å². The Morgan fingerprint density at radius 2 is 1.89 bits per heavy atom. The van der Waals surface area contributed by atoms with Gasteiger partial charge in [-0.25, -0.2) is 14.8 Å². The molecule has 1 saturated heterocycles. The molecule has 0 saturated carbocycles. The number of hydrogen-bond acceptors (Lipinski definition) is 7. The van der Waals surface area contributed by atoms with Gasteiger partial charge in [-0.2, -0.15) is 0 Å². The number of aryl methyl sites for hydroxylation is 1. The quantitative estimate of drug-likeness (QED) is 0.598. The lowest BCUT2D eigenvalue weighted by molar-refractivity contribution is 0.0270. The maximum Gasteiger partial charge on any atom is 0.410 e. The predicted molar refractivity (Wildman–Crippen MR) is 136 cm³/mol. The van der Waals surface area contributed by atoms with Crippen molar-refractivity contribution in [3.05, 3.63) is 48.1 Å². The van der Waals surface area contributed by atoms with Gasteiger partial charge in [0.05, 0.1) is 18.5 Å². The maximum atomic E-state index is 12.3. The van der Waals surface area contributed by atoms with E-state index in [0.29, 0.717) is 31.5 Å². The second kappa shape index (κ2) is 10.6. The Labute approximate surface area is 208 Å². The molecule has 2 aliphatic heterocycles. The minimum atomic E-state index is -0.485. The molecule has 188 valence electrons. The van der Waals surface area contributed by atoms with Crippen molar-refractivity contribution in [2.24, 2.45) is 11.8 Å². The highest BCUT2D eigenvalue weighted by Gasteiger charge is 2.31. The molecule has 0 unspecified atom stereocenters. The predicted octanol–water partition coefficient (Wildman–Crippen LogP) is 4.61. The highest BCUT2D eigenvalue weighted by atomic mass is 16.6. The number of amides is 1. The van der Waals surface area contributed by atoms with Crippen LogP contribution in [0.5, 0.6) is 5.75 Å². The Morgan fingerprint density at radius 3 is 2.49 bits per heavy atom. The molecule has 2 aromatic heterocycles. The van der Waals surface area contributed by atoms with Crippen molar-refractivity contribution in [3.8, 4) is 5.75 Å². The molecule has 4 heterocycles. The van der Waals surface area contributed by atoms with Crippen LogP contribution in [-0.4, -0.2) is 64.3 Å². The first-order chi connectivity index (χ1) is 16.7. The molecule has 0 spiro atoms. The average Bonchev–Trinajstić information content (AvgIpc) is 3.22. The number of carbonyl (C=O) groups is 1. The van der Waals surface area contributed by atoms with Gasteiger partial charge in [-0.05, 0) is 62.8 Å². The van der Waals surface area contributed by atoms with Crippen LogP contribution in [0.1, 0.15) is 52.3 Å². The second-order valence-corrected chi connectivity index (χ2v) is 10.5. The first-order valence-electron chi connectivity index (χ1n) is 12.5. The van der Waals surface area contributed by atoms with Crippen LogP contribution in [0.3, 0.4) is 0 Å². The van der Waals surface area contributed by atoms with Crippen LogP contribution < -0.4 is 9.64 Å². The summed E-state index contributed by atoms with van der Waals surface area (Å²) in [4.78, 5) is 29.9. The zero-order valence-electron chi connectivity index (χ0n) is 21.5. The van der Waals surface area contributed by atoms with Gasteiger partial charge < -0.3 is 19.3 Å². The van der Waals surface area contributed by atoms with Gasteiger partial charge in [-0.3, -0.25) is 4.98 Å². The van der Waals surface area contributed by atoms with Crippen molar-refractivity contribution in [2.45, 2.75) is 53.1 Å². The molecule has 2 atom stereocenters. The van der Waals surface area contributed by atoms with Gasteiger partial charge >= 0.3 is 6.09 Å². The van der Waals surface area contributed by atoms with Gasteiger partial charge in [-0.15, -0.1) is 0 Å². The maximum absolute atomic E-state index is 12.3. The first-order valence-corrected chi connectivity index (χ1v) is 12.5. The zero-order valence-corrected chi connectivity index (χ0v) is 21.5. The van der Waals surface area contributed by atoms with Crippen LogP contribution in [0.2, 0.25) is 0 Å². The zero-order chi connectivity index (χ0) is 25.0. The van der Waals surface area contributed by atoms with E-state index in [1.165, 1.54) is 0 Å². The molecule has 0 aliphatic carbocycles. The third kappa shape index (κ3) is 6.50. The molecular weight excluding hydrogens is 442 g/mol. The van der Waals surface area contributed by atoms with Crippen LogP contribution in [0.25, 0.3) is 5.57 Å². The number of anilines is 1. The van der Waals surface area contributed by atoms with E-state index in [9.17, 15) is 4.79 Å². The minimum Gasteiger partial charge on any atom is -0.492 e. The lowest BCUT2D eigenvalue weighted by atomic mass is 9.99. The van der Waals surface area contributed by atoms with Crippen molar-refractivity contribution in [3.63, 3.8) is 0 Å². The molecule has 0 radical (unpaired) electrons. The summed E-state index contributed by atoms with van der Waals surface area (Å²) in [5.41, 5.74) is 2.74. The van der Waals surface area contributed by atoms with Crippen molar-refractivity contribution in [1.29, 1.82) is 0 Å². The van der Waals surface area contributed by atoms with Crippen molar-refractivity contribution < 1.29 is 14.3 Å². The fourth-order valence-corrected chi connectivity index (χ4v) is 4.36. The van der Waals surface area contributed by atoms with E-state index in [0.717, 1.165) is 54.5 Å². The molecule has 1 amide bonds. The van der Waals surface area contributed by atoms with Crippen molar-refractivity contribution in [2.75, 3.05) is 37.7 Å². The molecule has 2 aromatic rings. The summed E-state index contributed by atoms with van der Waals surface area (Å²) in [5.74, 6) is 2.48. The highest BCUT2D eigenvalue weighted by molar-refractivity contribution is 5.71. The number of aromatic nitrogens is 3. The summed E-state index contributed by atoms with van der Waals surface area (Å²) < 4.78 is 11.6. The summed E-state index contributed by atoms with van der Waals surface area (Å²) in [6.45, 7) is 13.6. The number of nitrogens with zero attached hydrogens (tertiary/aromatic N) is 5. The number of pyridine rings is 1. The Hall–Kier alpha value is -3.16. The van der Waals surface area contributed by atoms with E-state index in [4.69, 9.17) is 9.47 Å². The summed E-state index contributed by atoms with van der Waals surface area (Å²) >= 11 is 0. The Morgan fingerprint density at radius 1 is 1.11 bits per heavy atom. The molecule has 1 fully saturated rings. The molecule has 0 bridgehead atoms. The highest BCUT2D eigenvalue weighted by Crippen LogP contribution is 2.28. The molecule has 8 nitrogen and oxygen atoms in total. The third-order valence-corrected chi connectivity index (χ3v) is 6.54. The van der Waals surface area contributed by atoms with E-state index >= 15 is 0 Å². The van der Waals surface area contributed by atoms with Crippen molar-refractivity contribution >= 4 is 17.6 Å². The molecule has 0 aromatic carbocycles. The first kappa shape index (κ1) is 24.9. The van der Waals surface area contributed by atoms with Crippen LogP contribution in [0.4, 0.5) is 10.7 Å². The smallest absolute Gasteiger partial charge is 0.410 e. The standard InChI is InChI=1S/C27H37N5O3/c1-6-20-13-29-25(30-14-20)32-16-19(2)22(17-32)18-34-23-7-8-24(28-15-23)21-9-11-31(12-10-21)26(33)35-27(3,4)5/h7-9,13-15,19,22H,6,10-12,16-18H2,1-5H3/t19-,22-/m0/s1. The van der Waals surface area contributed by atoms with Gasteiger partial charge in [0.15, 0.2) is 0 Å². The fraction of sp³-hybridized carbons (Fsp3) is 0.556. The van der Waals surface area contributed by atoms with E-state index in [-0.39, 0.29) is 6.09 Å². The van der Waals surface area contributed by atoms with Crippen LogP contribution in [-0.2, 0) is 11.2 Å². The van der Waals surface area contributed by atoms with Gasteiger partial charge in [0, 0.05) is 44.5 Å². The number of rotatable bonds is 6. The van der Waals surface area contributed by atoms with Crippen LogP contribution in [0, 0.1) is 11.8 Å². The SMILES string of the molecule is CCc1cnc(N2C[C@@H](COc3ccc(C4=CCN(C(=O)OC(C)(C)C)CC4)nc3)[C@@H](C)C2)nc1. The molecule has 8 heteroatoms. The van der Waals surface area contributed by atoms with Gasteiger partial charge in [0.1, 0.15) is 11.4 Å². The summed E-state index contributed by atoms with van der Waals surface area (Å²) in [5, 5.41) is 0. The summed E-state index contributed by atoms with van der Waals surface area (Å²) in [6.07, 6.45) is 9.11. The van der Waals surface area contributed by atoms with Gasteiger partial charge in [-0.1, -0.05) is 19.9 Å². The van der Waals surface area contributed by atoms with Crippen LogP contribution in [0.15, 0.2) is 36.8 Å². The Kier molecular flexibility index (Phi) is 7.57. The summed E-state index contributed by atoms with van der Waals surface area (Å²) in [6, 6.07) is 3.98. The molecule has 35 heavy (non-hydrogen) atoms. The average molecular weight is 480 g/mol. The summed E-state index contributed by atoms with van der Waals surface area (Å²) in [7, 11) is 0. The molecule has 4 rings (SSSR count). The molecule has 2 aliphatic rings. The Bertz CT molecular complexity index is 1030. The molecular formula is C27H37N5O3. The normalized spacial score (nSPS) is 20.5. The minimum absolute atomic E-state index is 0.270. The van der Waals surface area contributed by atoms with E-state index in [2.05, 4.69) is 39.8 Å². The van der Waals surface area contributed by atoms with Crippen LogP contribution >= 0.6 is 0 Å². The van der Waals surface area contributed by atoms with Crippen molar-refractivity contribution in [1.82, 2.24) is 19.9 Å². The van der Waals surface area contributed by atoms with E-state index in [1.807, 2.05) is 45.3 Å². The van der Waals surface area contributed by atoms with E-state index < -0.39 is 5.60 Å². The Balaban J connectivity index is 1.28. The monoisotopic (exact) mass is 479 g/mol. The van der Waals surface area contributed by atoms with E-state index in [1.54, 1.807) is 11.1 Å². The fourth-order valence-electron chi connectivity index (χ4n) is 4.36. The van der Waals surface area contributed by atoms with Gasteiger partial charge in [0.25, 0.3) is 0 Å². The topological polar surface area (TPSA) is 80.7 Å². The number of carbonyl (C=O) groups excluding carboxylic acids is 1. The third-order valence-electron chi connectivity index (χ3n) is 6.54. The number of ether oxygens (including phenoxy) is 2. The largest absolute Gasteiger partial charge is 0.492 e.